The quantitative estimate of drug-likeness (QED) is 0.357. The molecular weight excluding hydrogens is 424 g/mol. The molecular formula is C22H28O6S2. The Balaban J connectivity index is 0.000000300. The molecule has 2 rings (SSSR count). The van der Waals surface area contributed by atoms with E-state index in [0.29, 0.717) is 12.8 Å². The summed E-state index contributed by atoms with van der Waals surface area (Å²) in [6, 6.07) is 19.7. The molecule has 0 saturated heterocycles. The number of aliphatic hydroxyl groups excluding tert-OH is 2. The van der Waals surface area contributed by atoms with Gasteiger partial charge in [-0.05, 0) is 37.1 Å². The maximum absolute atomic E-state index is 10.3. The Labute approximate surface area is 185 Å². The minimum Gasteiger partial charge on any atom is -0.481 e. The lowest BCUT2D eigenvalue weighted by atomic mass is 10.2. The second-order valence-corrected chi connectivity index (χ2v) is 8.74. The summed E-state index contributed by atoms with van der Waals surface area (Å²) in [6.45, 7) is 0. The number of rotatable bonds is 12. The zero-order valence-electron chi connectivity index (χ0n) is 16.6. The van der Waals surface area contributed by atoms with E-state index in [9.17, 15) is 19.8 Å². The Kier molecular flexibility index (Phi) is 13.7. The van der Waals surface area contributed by atoms with E-state index in [1.807, 2.05) is 60.7 Å². The second-order valence-electron chi connectivity index (χ2n) is 6.40. The molecule has 2 aromatic carbocycles. The van der Waals surface area contributed by atoms with E-state index < -0.39 is 24.1 Å². The van der Waals surface area contributed by atoms with E-state index in [2.05, 4.69) is 0 Å². The van der Waals surface area contributed by atoms with Crippen LogP contribution in [0.25, 0.3) is 0 Å². The highest BCUT2D eigenvalue weighted by atomic mass is 32.2. The summed E-state index contributed by atoms with van der Waals surface area (Å²) in [5, 5.41) is 35.5. The van der Waals surface area contributed by atoms with Crippen molar-refractivity contribution in [3.05, 3.63) is 60.7 Å². The summed E-state index contributed by atoms with van der Waals surface area (Å²) >= 11 is 3.25. The topological polar surface area (TPSA) is 115 Å². The molecule has 0 bridgehead atoms. The Bertz CT molecular complexity index is 663. The second kappa shape index (κ2) is 15.8. The Hall–Kier alpha value is -2.00. The smallest absolute Gasteiger partial charge is 0.305 e. The van der Waals surface area contributed by atoms with Gasteiger partial charge < -0.3 is 20.4 Å². The normalized spacial score (nSPS) is 12.3. The van der Waals surface area contributed by atoms with Crippen LogP contribution in [0.15, 0.2) is 70.5 Å². The molecule has 4 N–H and O–H groups in total. The fraction of sp³-hybridized carbons (Fsp3) is 0.364. The third-order valence-corrected chi connectivity index (χ3v) is 5.84. The number of aliphatic carboxylic acids is 2. The van der Waals surface area contributed by atoms with E-state index in [4.69, 9.17) is 10.2 Å². The van der Waals surface area contributed by atoms with Crippen molar-refractivity contribution in [3.63, 3.8) is 0 Å². The van der Waals surface area contributed by atoms with Gasteiger partial charge in [-0.2, -0.15) is 0 Å². The molecule has 164 valence electrons. The van der Waals surface area contributed by atoms with E-state index in [1.165, 1.54) is 0 Å². The van der Waals surface area contributed by atoms with E-state index in [1.54, 1.807) is 23.5 Å². The van der Waals surface area contributed by atoms with Gasteiger partial charge in [-0.3, -0.25) is 9.59 Å². The van der Waals surface area contributed by atoms with Crippen LogP contribution in [0, 0.1) is 0 Å². The molecule has 0 aromatic heterocycles. The van der Waals surface area contributed by atoms with Crippen LogP contribution in [0.1, 0.15) is 25.7 Å². The molecule has 0 heterocycles. The highest BCUT2D eigenvalue weighted by Gasteiger charge is 2.09. The van der Waals surface area contributed by atoms with Gasteiger partial charge >= 0.3 is 11.9 Å². The average molecular weight is 453 g/mol. The molecule has 8 heteroatoms. The minimum absolute atomic E-state index is 0.171. The largest absolute Gasteiger partial charge is 0.481 e. The maximum atomic E-state index is 10.3. The van der Waals surface area contributed by atoms with Crippen molar-refractivity contribution in [2.75, 3.05) is 11.5 Å². The van der Waals surface area contributed by atoms with Gasteiger partial charge in [0.1, 0.15) is 0 Å². The highest BCUT2D eigenvalue weighted by Crippen LogP contribution is 2.19. The zero-order valence-corrected chi connectivity index (χ0v) is 18.2. The van der Waals surface area contributed by atoms with Gasteiger partial charge in [-0.1, -0.05) is 36.4 Å². The summed E-state index contributed by atoms with van der Waals surface area (Å²) < 4.78 is 0. The molecule has 0 spiro atoms. The summed E-state index contributed by atoms with van der Waals surface area (Å²) in [7, 11) is 0. The van der Waals surface area contributed by atoms with Crippen molar-refractivity contribution in [2.24, 2.45) is 0 Å². The molecule has 0 aliphatic carbocycles. The number of hydrogen-bond donors (Lipinski definition) is 4. The molecule has 0 aliphatic heterocycles. The van der Waals surface area contributed by atoms with Crippen molar-refractivity contribution >= 4 is 35.5 Å². The average Bonchev–Trinajstić information content (AvgIpc) is 2.69. The number of benzene rings is 2. The van der Waals surface area contributed by atoms with E-state index >= 15 is 0 Å². The summed E-state index contributed by atoms with van der Waals surface area (Å²) in [4.78, 5) is 22.8. The fourth-order valence-corrected chi connectivity index (χ4v) is 4.22. The third-order valence-electron chi connectivity index (χ3n) is 3.75. The Morgan fingerprint density at radius 1 is 0.667 bits per heavy atom. The number of thioether (sulfide) groups is 2. The van der Waals surface area contributed by atoms with Gasteiger partial charge in [0.25, 0.3) is 0 Å². The molecule has 0 aliphatic rings. The first-order valence-electron chi connectivity index (χ1n) is 9.52. The molecule has 2 unspecified atom stereocenters. The summed E-state index contributed by atoms with van der Waals surface area (Å²) in [5.74, 6) is -0.434. The Morgan fingerprint density at radius 2 is 1.00 bits per heavy atom. The van der Waals surface area contributed by atoms with Gasteiger partial charge in [0.2, 0.25) is 0 Å². The zero-order chi connectivity index (χ0) is 22.2. The highest BCUT2D eigenvalue weighted by molar-refractivity contribution is 7.99. The number of carboxylic acid groups (broad SMARTS) is 2. The minimum atomic E-state index is -0.952. The van der Waals surface area contributed by atoms with Crippen molar-refractivity contribution < 1.29 is 30.0 Å². The molecule has 0 radical (unpaired) electrons. The van der Waals surface area contributed by atoms with Crippen LogP contribution in [0.4, 0.5) is 0 Å². The predicted octanol–water partition coefficient (Wildman–Crippen LogP) is 4.01. The van der Waals surface area contributed by atoms with Crippen LogP contribution in [0.5, 0.6) is 0 Å². The monoisotopic (exact) mass is 452 g/mol. The lowest BCUT2D eigenvalue weighted by Crippen LogP contribution is -2.13. The summed E-state index contributed by atoms with van der Waals surface area (Å²) in [6.07, 6.45) is -0.806. The summed E-state index contributed by atoms with van der Waals surface area (Å²) in [5.41, 5.74) is 0. The molecule has 0 saturated carbocycles. The SMILES string of the molecule is O=C(O)CC(O)CCSc1ccccc1.O=C(O)CC(O)CCSc1ccccc1. The molecule has 30 heavy (non-hydrogen) atoms. The number of carboxylic acids is 2. The van der Waals surface area contributed by atoms with Gasteiger partial charge in [0.15, 0.2) is 0 Å². The van der Waals surface area contributed by atoms with Crippen molar-refractivity contribution in [1.82, 2.24) is 0 Å². The fourth-order valence-electron chi connectivity index (χ4n) is 2.27. The van der Waals surface area contributed by atoms with E-state index in [-0.39, 0.29) is 12.8 Å². The molecule has 2 aromatic rings. The Morgan fingerprint density at radius 3 is 1.30 bits per heavy atom. The maximum Gasteiger partial charge on any atom is 0.305 e. The number of aliphatic hydroxyl groups is 2. The number of hydrogen-bond acceptors (Lipinski definition) is 6. The van der Waals surface area contributed by atoms with Crippen LogP contribution >= 0.6 is 23.5 Å². The van der Waals surface area contributed by atoms with Gasteiger partial charge in [0.05, 0.1) is 25.0 Å². The predicted molar refractivity (Wildman–Crippen MR) is 120 cm³/mol. The molecule has 2 atom stereocenters. The molecule has 6 nitrogen and oxygen atoms in total. The molecule has 0 amide bonds. The van der Waals surface area contributed by atoms with Crippen LogP contribution in [-0.4, -0.2) is 56.1 Å². The van der Waals surface area contributed by atoms with Gasteiger partial charge in [0, 0.05) is 21.3 Å². The number of carbonyl (C=O) groups is 2. The third kappa shape index (κ3) is 14.1. The van der Waals surface area contributed by atoms with Crippen molar-refractivity contribution in [2.45, 2.75) is 47.7 Å². The van der Waals surface area contributed by atoms with E-state index in [0.717, 1.165) is 21.3 Å². The lowest BCUT2D eigenvalue weighted by molar-refractivity contribution is -0.140. The standard InChI is InChI=1S/2C11H14O3S/c2*12-9(8-11(13)14)6-7-15-10-4-2-1-3-5-10/h2*1-5,9,12H,6-8H2,(H,13,14). The first kappa shape index (κ1) is 26.0. The first-order valence-corrected chi connectivity index (χ1v) is 11.5. The molecule has 0 fully saturated rings. The van der Waals surface area contributed by atoms with Crippen LogP contribution < -0.4 is 0 Å². The van der Waals surface area contributed by atoms with Crippen molar-refractivity contribution in [1.29, 1.82) is 0 Å². The lowest BCUT2D eigenvalue weighted by Gasteiger charge is -2.06. The van der Waals surface area contributed by atoms with Crippen LogP contribution in [0.3, 0.4) is 0 Å². The van der Waals surface area contributed by atoms with Crippen molar-refractivity contribution in [3.8, 4) is 0 Å². The van der Waals surface area contributed by atoms with Gasteiger partial charge in [-0.15, -0.1) is 23.5 Å². The van der Waals surface area contributed by atoms with Gasteiger partial charge in [-0.25, -0.2) is 0 Å². The van der Waals surface area contributed by atoms with Crippen LogP contribution in [-0.2, 0) is 9.59 Å². The van der Waals surface area contributed by atoms with Crippen LogP contribution in [0.2, 0.25) is 0 Å². The first-order chi connectivity index (χ1) is 14.4.